The molecule has 0 aliphatic carbocycles. The summed E-state index contributed by atoms with van der Waals surface area (Å²) in [4.78, 5) is 11.0. The van der Waals surface area contributed by atoms with E-state index in [0.717, 1.165) is 11.8 Å². The fourth-order valence-corrected chi connectivity index (χ4v) is 1.87. The van der Waals surface area contributed by atoms with Crippen molar-refractivity contribution >= 4 is 32.8 Å². The SMILES string of the molecule is CC(=O)Sc1cccc(Br)c1F. The molecule has 0 unspecified atom stereocenters. The van der Waals surface area contributed by atoms with Crippen LogP contribution in [0.25, 0.3) is 0 Å². The molecule has 1 aromatic rings. The Kier molecular flexibility index (Phi) is 3.29. The third kappa shape index (κ3) is 2.32. The first-order chi connectivity index (χ1) is 5.61. The van der Waals surface area contributed by atoms with Crippen LogP contribution < -0.4 is 0 Å². The highest BCUT2D eigenvalue weighted by Crippen LogP contribution is 2.27. The fourth-order valence-electron chi connectivity index (χ4n) is 0.718. The molecule has 1 nitrogen and oxygen atoms in total. The average molecular weight is 249 g/mol. The summed E-state index contributed by atoms with van der Waals surface area (Å²) in [5, 5.41) is -0.119. The summed E-state index contributed by atoms with van der Waals surface area (Å²) in [7, 11) is 0. The summed E-state index contributed by atoms with van der Waals surface area (Å²) < 4.78 is 13.5. The van der Waals surface area contributed by atoms with Crippen LogP contribution >= 0.6 is 27.7 Å². The number of rotatable bonds is 1. The lowest BCUT2D eigenvalue weighted by molar-refractivity contribution is -0.109. The van der Waals surface area contributed by atoms with Crippen molar-refractivity contribution in [3.8, 4) is 0 Å². The first kappa shape index (κ1) is 9.74. The van der Waals surface area contributed by atoms with Crippen LogP contribution in [-0.2, 0) is 4.79 Å². The predicted molar refractivity (Wildman–Crippen MR) is 50.6 cm³/mol. The molecular weight excluding hydrogens is 243 g/mol. The molecule has 1 rings (SSSR count). The Hall–Kier alpha value is -0.350. The second kappa shape index (κ2) is 4.05. The Morgan fingerprint density at radius 2 is 2.25 bits per heavy atom. The highest BCUT2D eigenvalue weighted by atomic mass is 79.9. The lowest BCUT2D eigenvalue weighted by atomic mass is 10.3. The number of carbonyl (C=O) groups excluding carboxylic acids is 1. The normalized spacial score (nSPS) is 9.92. The summed E-state index contributed by atoms with van der Waals surface area (Å²) in [5.41, 5.74) is 0. The molecule has 0 amide bonds. The zero-order valence-electron chi connectivity index (χ0n) is 6.30. The first-order valence-electron chi connectivity index (χ1n) is 3.23. The molecule has 0 N–H and O–H groups in total. The monoisotopic (exact) mass is 248 g/mol. The Labute approximate surface area is 82.5 Å². The highest BCUT2D eigenvalue weighted by molar-refractivity contribution is 9.10. The third-order valence-corrected chi connectivity index (χ3v) is 2.60. The second-order valence-corrected chi connectivity index (χ2v) is 4.22. The van der Waals surface area contributed by atoms with Gasteiger partial charge in [-0.3, -0.25) is 4.79 Å². The van der Waals surface area contributed by atoms with Gasteiger partial charge in [0.15, 0.2) is 10.9 Å². The molecule has 0 saturated carbocycles. The van der Waals surface area contributed by atoms with E-state index >= 15 is 0 Å². The van der Waals surface area contributed by atoms with E-state index < -0.39 is 0 Å². The molecule has 0 aromatic heterocycles. The number of thioether (sulfide) groups is 1. The van der Waals surface area contributed by atoms with Crippen LogP contribution in [0.15, 0.2) is 27.6 Å². The summed E-state index contributed by atoms with van der Waals surface area (Å²) in [6.45, 7) is 1.41. The van der Waals surface area contributed by atoms with Crippen molar-refractivity contribution in [2.24, 2.45) is 0 Å². The number of carbonyl (C=O) groups is 1. The van der Waals surface area contributed by atoms with E-state index in [1.54, 1.807) is 18.2 Å². The summed E-state index contributed by atoms with van der Waals surface area (Å²) in [5.74, 6) is -0.377. The van der Waals surface area contributed by atoms with E-state index in [2.05, 4.69) is 15.9 Å². The minimum absolute atomic E-state index is 0.119. The van der Waals surface area contributed by atoms with Gasteiger partial charge in [-0.15, -0.1) is 0 Å². The van der Waals surface area contributed by atoms with Crippen molar-refractivity contribution in [3.05, 3.63) is 28.5 Å². The largest absolute Gasteiger partial charge is 0.287 e. The quantitative estimate of drug-likeness (QED) is 0.711. The summed E-state index contributed by atoms with van der Waals surface area (Å²) in [6.07, 6.45) is 0. The van der Waals surface area contributed by atoms with Gasteiger partial charge in [0.25, 0.3) is 0 Å². The smallest absolute Gasteiger partial charge is 0.190 e. The molecule has 0 spiro atoms. The van der Waals surface area contributed by atoms with E-state index in [1.165, 1.54) is 6.92 Å². The molecule has 0 heterocycles. The molecule has 0 atom stereocenters. The molecule has 0 radical (unpaired) electrons. The minimum Gasteiger partial charge on any atom is -0.287 e. The topological polar surface area (TPSA) is 17.1 Å². The van der Waals surface area contributed by atoms with Crippen LogP contribution in [0.1, 0.15) is 6.92 Å². The standard InChI is InChI=1S/C8H6BrFOS/c1-5(11)12-7-4-2-3-6(9)8(7)10/h2-4H,1H3. The number of benzene rings is 1. The lowest BCUT2D eigenvalue weighted by Crippen LogP contribution is -1.86. The van der Waals surface area contributed by atoms with Gasteiger partial charge in [-0.2, -0.15) is 0 Å². The fraction of sp³-hybridized carbons (Fsp3) is 0.125. The highest BCUT2D eigenvalue weighted by Gasteiger charge is 2.07. The Morgan fingerprint density at radius 3 is 2.83 bits per heavy atom. The zero-order chi connectivity index (χ0) is 9.14. The molecular formula is C8H6BrFOS. The van der Waals surface area contributed by atoms with Crippen LogP contribution in [0.2, 0.25) is 0 Å². The molecule has 1 aromatic carbocycles. The van der Waals surface area contributed by atoms with E-state index in [4.69, 9.17) is 0 Å². The van der Waals surface area contributed by atoms with Gasteiger partial charge >= 0.3 is 0 Å². The molecule has 0 fully saturated rings. The van der Waals surface area contributed by atoms with Gasteiger partial charge in [-0.25, -0.2) is 4.39 Å². The van der Waals surface area contributed by atoms with Gasteiger partial charge in [-0.05, 0) is 39.8 Å². The minimum atomic E-state index is -0.377. The maximum absolute atomic E-state index is 13.1. The molecule has 12 heavy (non-hydrogen) atoms. The Bertz CT molecular complexity index is 314. The van der Waals surface area contributed by atoms with Crippen LogP contribution in [0, 0.1) is 5.82 Å². The molecule has 64 valence electrons. The van der Waals surface area contributed by atoms with E-state index in [-0.39, 0.29) is 10.9 Å². The van der Waals surface area contributed by atoms with Crippen LogP contribution in [0.3, 0.4) is 0 Å². The van der Waals surface area contributed by atoms with Gasteiger partial charge in [-0.1, -0.05) is 6.07 Å². The maximum Gasteiger partial charge on any atom is 0.190 e. The summed E-state index contributed by atoms with van der Waals surface area (Å²) in [6, 6.07) is 4.87. The van der Waals surface area contributed by atoms with Crippen molar-refractivity contribution in [2.45, 2.75) is 11.8 Å². The van der Waals surface area contributed by atoms with E-state index in [9.17, 15) is 9.18 Å². The number of hydrogen-bond acceptors (Lipinski definition) is 2. The van der Waals surface area contributed by atoms with Gasteiger partial charge < -0.3 is 0 Å². The Balaban J connectivity index is 3.00. The van der Waals surface area contributed by atoms with Gasteiger partial charge in [0, 0.05) is 6.92 Å². The van der Waals surface area contributed by atoms with Gasteiger partial charge in [0.05, 0.1) is 9.37 Å². The van der Waals surface area contributed by atoms with Crippen molar-refractivity contribution in [1.29, 1.82) is 0 Å². The maximum atomic E-state index is 13.1. The van der Waals surface area contributed by atoms with Gasteiger partial charge in [0.1, 0.15) is 0 Å². The van der Waals surface area contributed by atoms with E-state index in [1.807, 2.05) is 0 Å². The third-order valence-electron chi connectivity index (χ3n) is 1.17. The van der Waals surface area contributed by atoms with Crippen molar-refractivity contribution in [1.82, 2.24) is 0 Å². The average Bonchev–Trinajstić information content (AvgIpc) is 1.98. The number of halogens is 2. The van der Waals surface area contributed by atoms with Gasteiger partial charge in [0.2, 0.25) is 0 Å². The van der Waals surface area contributed by atoms with Crippen molar-refractivity contribution < 1.29 is 9.18 Å². The molecule has 0 aliphatic rings. The van der Waals surface area contributed by atoms with Crippen molar-refractivity contribution in [2.75, 3.05) is 0 Å². The van der Waals surface area contributed by atoms with Crippen LogP contribution in [-0.4, -0.2) is 5.12 Å². The predicted octanol–water partition coefficient (Wildman–Crippen LogP) is 3.23. The molecule has 0 aliphatic heterocycles. The van der Waals surface area contributed by atoms with Crippen LogP contribution in [0.5, 0.6) is 0 Å². The second-order valence-electron chi connectivity index (χ2n) is 2.15. The summed E-state index contributed by atoms with van der Waals surface area (Å²) >= 11 is 3.93. The molecule has 4 heteroatoms. The number of hydrogen-bond donors (Lipinski definition) is 0. The van der Waals surface area contributed by atoms with E-state index in [0.29, 0.717) is 9.37 Å². The van der Waals surface area contributed by atoms with Crippen LogP contribution in [0.4, 0.5) is 4.39 Å². The zero-order valence-corrected chi connectivity index (χ0v) is 8.71. The first-order valence-corrected chi connectivity index (χ1v) is 4.84. The molecule has 0 bridgehead atoms. The molecule has 0 saturated heterocycles. The Morgan fingerprint density at radius 1 is 1.58 bits per heavy atom. The van der Waals surface area contributed by atoms with Crippen molar-refractivity contribution in [3.63, 3.8) is 0 Å². The lowest BCUT2D eigenvalue weighted by Gasteiger charge is -2.00.